The van der Waals surface area contributed by atoms with Crippen LogP contribution in [0.1, 0.15) is 29.8 Å². The Hall–Kier alpha value is -1.75. The van der Waals surface area contributed by atoms with Crippen molar-refractivity contribution in [2.24, 2.45) is 0 Å². The lowest BCUT2D eigenvalue weighted by Gasteiger charge is -2.13. The fourth-order valence-corrected chi connectivity index (χ4v) is 2.84. The first-order valence-corrected chi connectivity index (χ1v) is 7.39. The Kier molecular flexibility index (Phi) is 4.52. The third-order valence-electron chi connectivity index (χ3n) is 3.76. The Morgan fingerprint density at radius 1 is 0.955 bits per heavy atom. The van der Waals surface area contributed by atoms with E-state index in [1.807, 2.05) is 42.5 Å². The van der Waals surface area contributed by atoms with Crippen molar-refractivity contribution in [3.05, 3.63) is 58.6 Å². The molecular formula is C17H17ClO4. The third-order valence-corrected chi connectivity index (χ3v) is 4.10. The molecule has 2 aromatic rings. The summed E-state index contributed by atoms with van der Waals surface area (Å²) in [4.78, 5) is 11.0. The Balaban J connectivity index is 1.82. The number of methoxy groups -OCH3 is 2. The summed E-state index contributed by atoms with van der Waals surface area (Å²) in [6, 6.07) is 13.3. The van der Waals surface area contributed by atoms with Gasteiger partial charge in [-0.15, -0.1) is 0 Å². The van der Waals surface area contributed by atoms with E-state index in [0.717, 1.165) is 16.9 Å². The van der Waals surface area contributed by atoms with Crippen LogP contribution in [0.15, 0.2) is 42.5 Å². The fourth-order valence-electron chi connectivity index (χ4n) is 2.59. The number of hydrogen-bond acceptors (Lipinski definition) is 4. The molecule has 1 aliphatic rings. The Labute approximate surface area is 134 Å². The highest BCUT2D eigenvalue weighted by Crippen LogP contribution is 2.44. The molecule has 0 unspecified atom stereocenters. The Morgan fingerprint density at radius 3 is 2.36 bits per heavy atom. The van der Waals surface area contributed by atoms with Crippen molar-refractivity contribution in [3.63, 3.8) is 0 Å². The van der Waals surface area contributed by atoms with E-state index in [1.54, 1.807) is 14.2 Å². The molecule has 116 valence electrons. The molecule has 1 aliphatic heterocycles. The smallest absolute Gasteiger partial charge is 0.128 e. The van der Waals surface area contributed by atoms with Crippen molar-refractivity contribution in [3.8, 4) is 11.5 Å². The van der Waals surface area contributed by atoms with E-state index in [-0.39, 0.29) is 12.2 Å². The lowest BCUT2D eigenvalue weighted by atomic mass is 9.99. The molecule has 0 spiro atoms. The van der Waals surface area contributed by atoms with Gasteiger partial charge in [0, 0.05) is 28.6 Å². The van der Waals surface area contributed by atoms with E-state index in [1.165, 1.54) is 0 Å². The summed E-state index contributed by atoms with van der Waals surface area (Å²) < 4.78 is 10.6. The molecule has 1 saturated heterocycles. The van der Waals surface area contributed by atoms with E-state index < -0.39 is 0 Å². The molecule has 3 rings (SSSR count). The highest BCUT2D eigenvalue weighted by molar-refractivity contribution is 6.31. The van der Waals surface area contributed by atoms with Crippen LogP contribution in [-0.2, 0) is 9.78 Å². The normalized spacial score (nSPS) is 20.9. The van der Waals surface area contributed by atoms with Gasteiger partial charge in [0.05, 0.1) is 14.2 Å². The minimum absolute atomic E-state index is 0.189. The van der Waals surface area contributed by atoms with Crippen LogP contribution < -0.4 is 9.47 Å². The van der Waals surface area contributed by atoms with Gasteiger partial charge in [-0.25, -0.2) is 9.78 Å². The van der Waals surface area contributed by atoms with E-state index in [4.69, 9.17) is 30.8 Å². The van der Waals surface area contributed by atoms with Crippen molar-refractivity contribution in [2.45, 2.75) is 18.6 Å². The van der Waals surface area contributed by atoms with Gasteiger partial charge in [-0.05, 0) is 18.2 Å². The minimum atomic E-state index is -0.206. The summed E-state index contributed by atoms with van der Waals surface area (Å²) in [5.74, 6) is 1.45. The van der Waals surface area contributed by atoms with Gasteiger partial charge >= 0.3 is 0 Å². The Bertz CT molecular complexity index is 659. The summed E-state index contributed by atoms with van der Waals surface area (Å²) in [6.45, 7) is 0. The molecule has 2 aromatic carbocycles. The number of hydrogen-bond donors (Lipinski definition) is 0. The average Bonchev–Trinajstić information content (AvgIpc) is 3.04. The minimum Gasteiger partial charge on any atom is -0.497 e. The van der Waals surface area contributed by atoms with Crippen LogP contribution in [0.4, 0.5) is 0 Å². The lowest BCUT2D eigenvalue weighted by Crippen LogP contribution is -2.00. The maximum atomic E-state index is 6.22. The van der Waals surface area contributed by atoms with Crippen LogP contribution >= 0.6 is 11.6 Å². The molecule has 5 heteroatoms. The predicted molar refractivity (Wildman–Crippen MR) is 83.3 cm³/mol. The fraction of sp³-hybridized carbons (Fsp3) is 0.294. The van der Waals surface area contributed by atoms with Crippen molar-refractivity contribution >= 4 is 11.6 Å². The highest BCUT2D eigenvalue weighted by Gasteiger charge is 2.32. The van der Waals surface area contributed by atoms with Crippen molar-refractivity contribution in [1.82, 2.24) is 0 Å². The molecule has 2 atom stereocenters. The molecule has 1 fully saturated rings. The van der Waals surface area contributed by atoms with E-state index in [2.05, 4.69) is 0 Å². The number of ether oxygens (including phenoxy) is 2. The first kappa shape index (κ1) is 15.2. The van der Waals surface area contributed by atoms with E-state index in [0.29, 0.717) is 17.2 Å². The van der Waals surface area contributed by atoms with Gasteiger partial charge in [-0.2, -0.15) is 0 Å². The van der Waals surface area contributed by atoms with Crippen molar-refractivity contribution < 1.29 is 19.2 Å². The average molecular weight is 321 g/mol. The highest BCUT2D eigenvalue weighted by atomic mass is 35.5. The largest absolute Gasteiger partial charge is 0.497 e. The third kappa shape index (κ3) is 2.90. The SMILES string of the molecule is COc1ccc([C@H]2C[C@@H](c3ccccc3Cl)OO2)c(OC)c1. The molecular weight excluding hydrogens is 304 g/mol. The summed E-state index contributed by atoms with van der Waals surface area (Å²) in [7, 11) is 3.25. The van der Waals surface area contributed by atoms with Gasteiger partial charge in [0.25, 0.3) is 0 Å². The van der Waals surface area contributed by atoms with Gasteiger partial charge in [-0.1, -0.05) is 29.8 Å². The lowest BCUT2D eigenvalue weighted by molar-refractivity contribution is -0.300. The second-order valence-electron chi connectivity index (χ2n) is 5.03. The number of rotatable bonds is 4. The maximum Gasteiger partial charge on any atom is 0.128 e. The quantitative estimate of drug-likeness (QED) is 0.778. The molecule has 0 radical (unpaired) electrons. The van der Waals surface area contributed by atoms with Crippen molar-refractivity contribution in [2.75, 3.05) is 14.2 Å². The van der Waals surface area contributed by atoms with Crippen LogP contribution in [0, 0.1) is 0 Å². The van der Waals surface area contributed by atoms with Crippen LogP contribution in [-0.4, -0.2) is 14.2 Å². The zero-order valence-corrected chi connectivity index (χ0v) is 13.2. The molecule has 1 heterocycles. The molecule has 0 N–H and O–H groups in total. The van der Waals surface area contributed by atoms with Gasteiger partial charge in [0.2, 0.25) is 0 Å². The predicted octanol–water partition coefficient (Wildman–Crippen LogP) is 4.49. The van der Waals surface area contributed by atoms with Gasteiger partial charge in [0.15, 0.2) is 0 Å². The van der Waals surface area contributed by atoms with Crippen LogP contribution in [0.3, 0.4) is 0 Å². The van der Waals surface area contributed by atoms with Gasteiger partial charge in [0.1, 0.15) is 23.7 Å². The van der Waals surface area contributed by atoms with Crippen LogP contribution in [0.5, 0.6) is 11.5 Å². The maximum absolute atomic E-state index is 6.22. The van der Waals surface area contributed by atoms with Gasteiger partial charge < -0.3 is 9.47 Å². The second-order valence-corrected chi connectivity index (χ2v) is 5.44. The molecule has 0 aromatic heterocycles. The first-order valence-electron chi connectivity index (χ1n) is 7.01. The zero-order valence-electron chi connectivity index (χ0n) is 12.4. The van der Waals surface area contributed by atoms with E-state index >= 15 is 0 Å². The molecule has 4 nitrogen and oxygen atoms in total. The molecule has 0 saturated carbocycles. The standard InChI is InChI=1S/C17H17ClO4/c1-19-11-7-8-13(15(9-11)20-2)17-10-16(21-22-17)12-5-3-4-6-14(12)18/h3-9,16-17H,10H2,1-2H3/t16-,17+/m0/s1. The number of halogens is 1. The van der Waals surface area contributed by atoms with E-state index in [9.17, 15) is 0 Å². The summed E-state index contributed by atoms with van der Waals surface area (Å²) in [5, 5.41) is 0.679. The molecule has 0 amide bonds. The molecule has 0 aliphatic carbocycles. The number of benzene rings is 2. The summed E-state index contributed by atoms with van der Waals surface area (Å²) >= 11 is 6.22. The Morgan fingerprint density at radius 2 is 1.68 bits per heavy atom. The summed E-state index contributed by atoms with van der Waals surface area (Å²) in [6.07, 6.45) is 0.277. The molecule has 22 heavy (non-hydrogen) atoms. The zero-order chi connectivity index (χ0) is 15.5. The summed E-state index contributed by atoms with van der Waals surface area (Å²) in [5.41, 5.74) is 1.86. The van der Waals surface area contributed by atoms with Crippen LogP contribution in [0.2, 0.25) is 5.02 Å². The van der Waals surface area contributed by atoms with Crippen molar-refractivity contribution in [1.29, 1.82) is 0 Å². The van der Waals surface area contributed by atoms with Crippen LogP contribution in [0.25, 0.3) is 0 Å². The van der Waals surface area contributed by atoms with Gasteiger partial charge in [-0.3, -0.25) is 0 Å². The second kappa shape index (κ2) is 6.57. The molecule has 0 bridgehead atoms. The monoisotopic (exact) mass is 320 g/mol. The topological polar surface area (TPSA) is 36.9 Å². The first-order chi connectivity index (χ1) is 10.7.